The highest BCUT2D eigenvalue weighted by Gasteiger charge is 2.23. The van der Waals surface area contributed by atoms with E-state index in [0.29, 0.717) is 0 Å². The van der Waals surface area contributed by atoms with Crippen molar-refractivity contribution < 1.29 is 9.18 Å². The summed E-state index contributed by atoms with van der Waals surface area (Å²) in [5.74, 6) is -0.793. The van der Waals surface area contributed by atoms with E-state index >= 15 is 0 Å². The summed E-state index contributed by atoms with van der Waals surface area (Å²) in [6.45, 7) is 4.85. The van der Waals surface area contributed by atoms with Gasteiger partial charge in [0.25, 0.3) is 5.91 Å². The van der Waals surface area contributed by atoms with Crippen molar-refractivity contribution in [3.8, 4) is 0 Å². The van der Waals surface area contributed by atoms with Crippen molar-refractivity contribution >= 4 is 5.91 Å². The van der Waals surface area contributed by atoms with Crippen LogP contribution in [0.4, 0.5) is 4.39 Å². The first-order chi connectivity index (χ1) is 12.1. The number of benzene rings is 1. The summed E-state index contributed by atoms with van der Waals surface area (Å²) >= 11 is 0. The third-order valence-electron chi connectivity index (χ3n) is 4.76. The quantitative estimate of drug-likeness (QED) is 0.907. The largest absolute Gasteiger partial charge is 0.349 e. The molecule has 5 nitrogen and oxygen atoms in total. The molecule has 0 spiro atoms. The van der Waals surface area contributed by atoms with Gasteiger partial charge in [0.2, 0.25) is 0 Å². The zero-order valence-corrected chi connectivity index (χ0v) is 14.8. The molecule has 1 aromatic heterocycles. The van der Waals surface area contributed by atoms with Crippen LogP contribution in [0, 0.1) is 5.82 Å². The fourth-order valence-corrected chi connectivity index (χ4v) is 3.40. The molecule has 1 amide bonds. The van der Waals surface area contributed by atoms with Crippen molar-refractivity contribution in [3.63, 3.8) is 0 Å². The number of piperidine rings is 1. The molecule has 1 N–H and O–H groups in total. The van der Waals surface area contributed by atoms with Crippen LogP contribution in [0.25, 0.3) is 0 Å². The van der Waals surface area contributed by atoms with Crippen LogP contribution in [-0.2, 0) is 20.0 Å². The molecule has 25 heavy (non-hydrogen) atoms. The Bertz CT molecular complexity index is 735. The Labute approximate surface area is 147 Å². The number of hydrogen-bond donors (Lipinski definition) is 1. The molecule has 0 atom stereocenters. The summed E-state index contributed by atoms with van der Waals surface area (Å²) < 4.78 is 15.6. The van der Waals surface area contributed by atoms with E-state index < -0.39 is 5.82 Å². The highest BCUT2D eigenvalue weighted by molar-refractivity contribution is 5.94. The first-order valence-electron chi connectivity index (χ1n) is 8.86. The monoisotopic (exact) mass is 344 g/mol. The maximum atomic E-state index is 13.7. The molecule has 134 valence electrons. The summed E-state index contributed by atoms with van der Waals surface area (Å²) in [6.07, 6.45) is 4.78. The predicted molar refractivity (Wildman–Crippen MR) is 94.8 cm³/mol. The first-order valence-corrected chi connectivity index (χ1v) is 8.86. The van der Waals surface area contributed by atoms with Gasteiger partial charge in [0.1, 0.15) is 5.82 Å². The van der Waals surface area contributed by atoms with Crippen LogP contribution >= 0.6 is 0 Å². The summed E-state index contributed by atoms with van der Waals surface area (Å²) in [7, 11) is 1.95. The molecule has 0 unspecified atom stereocenters. The molecule has 2 heterocycles. The SMILES string of the molecule is CCc1nn(C)cc1CN1CCC(NC(=O)c2ccccc2F)CC1. The summed E-state index contributed by atoms with van der Waals surface area (Å²) in [4.78, 5) is 14.6. The fourth-order valence-electron chi connectivity index (χ4n) is 3.40. The van der Waals surface area contributed by atoms with Crippen molar-refractivity contribution in [1.29, 1.82) is 0 Å². The number of aromatic nitrogens is 2. The Hall–Kier alpha value is -2.21. The van der Waals surface area contributed by atoms with Gasteiger partial charge in [-0.1, -0.05) is 19.1 Å². The van der Waals surface area contributed by atoms with Crippen LogP contribution in [0.15, 0.2) is 30.5 Å². The van der Waals surface area contributed by atoms with Gasteiger partial charge in [-0.15, -0.1) is 0 Å². The molecule has 0 aliphatic carbocycles. The zero-order valence-electron chi connectivity index (χ0n) is 14.8. The summed E-state index contributed by atoms with van der Waals surface area (Å²) in [5.41, 5.74) is 2.55. The molecule has 6 heteroatoms. The molecular formula is C19H25FN4O. The van der Waals surface area contributed by atoms with Gasteiger partial charge in [-0.2, -0.15) is 5.10 Å². The van der Waals surface area contributed by atoms with Crippen LogP contribution in [0.3, 0.4) is 0 Å². The Morgan fingerprint density at radius 2 is 2.04 bits per heavy atom. The van der Waals surface area contributed by atoms with Gasteiger partial charge in [0.15, 0.2) is 0 Å². The maximum Gasteiger partial charge on any atom is 0.254 e. The number of carbonyl (C=O) groups is 1. The van der Waals surface area contributed by atoms with Gasteiger partial charge in [0.05, 0.1) is 11.3 Å². The Morgan fingerprint density at radius 1 is 1.32 bits per heavy atom. The second-order valence-corrected chi connectivity index (χ2v) is 6.63. The van der Waals surface area contributed by atoms with Gasteiger partial charge in [-0.3, -0.25) is 14.4 Å². The van der Waals surface area contributed by atoms with Gasteiger partial charge < -0.3 is 5.32 Å². The van der Waals surface area contributed by atoms with Crippen molar-refractivity contribution in [2.45, 2.75) is 38.8 Å². The van der Waals surface area contributed by atoms with E-state index in [4.69, 9.17) is 0 Å². The molecule has 1 saturated heterocycles. The second kappa shape index (κ2) is 7.78. The topological polar surface area (TPSA) is 50.2 Å². The van der Waals surface area contributed by atoms with E-state index in [0.717, 1.165) is 44.6 Å². The van der Waals surface area contributed by atoms with E-state index in [1.165, 1.54) is 17.7 Å². The molecule has 1 aliphatic heterocycles. The number of halogens is 1. The number of nitrogens with zero attached hydrogens (tertiary/aromatic N) is 3. The minimum Gasteiger partial charge on any atom is -0.349 e. The van der Waals surface area contributed by atoms with Crippen LogP contribution in [0.1, 0.15) is 41.4 Å². The average Bonchev–Trinajstić information content (AvgIpc) is 2.96. The molecule has 0 saturated carbocycles. The van der Waals surface area contributed by atoms with Crippen molar-refractivity contribution in [2.24, 2.45) is 7.05 Å². The van der Waals surface area contributed by atoms with Crippen LogP contribution in [0.2, 0.25) is 0 Å². The number of hydrogen-bond acceptors (Lipinski definition) is 3. The van der Waals surface area contributed by atoms with Crippen molar-refractivity contribution in [3.05, 3.63) is 53.1 Å². The third kappa shape index (κ3) is 4.25. The number of carbonyl (C=O) groups excluding carboxylic acids is 1. The lowest BCUT2D eigenvalue weighted by Crippen LogP contribution is -2.44. The van der Waals surface area contributed by atoms with Gasteiger partial charge in [-0.05, 0) is 31.4 Å². The number of aryl methyl sites for hydroxylation is 2. The first kappa shape index (κ1) is 17.6. The van der Waals surface area contributed by atoms with Crippen LogP contribution < -0.4 is 5.32 Å². The van der Waals surface area contributed by atoms with Gasteiger partial charge in [0, 0.05) is 44.5 Å². The van der Waals surface area contributed by atoms with Crippen molar-refractivity contribution in [2.75, 3.05) is 13.1 Å². The molecule has 0 radical (unpaired) electrons. The normalized spacial score (nSPS) is 16.1. The van der Waals surface area contributed by atoms with Gasteiger partial charge in [-0.25, -0.2) is 4.39 Å². The standard InChI is InChI=1S/C19H25FN4O/c1-3-18-14(12-23(2)22-18)13-24-10-8-15(9-11-24)21-19(25)16-6-4-5-7-17(16)20/h4-7,12,15H,3,8-11,13H2,1-2H3,(H,21,25). The summed E-state index contributed by atoms with van der Waals surface area (Å²) in [5, 5.41) is 7.45. The summed E-state index contributed by atoms with van der Waals surface area (Å²) in [6, 6.07) is 6.21. The Kier molecular flexibility index (Phi) is 5.48. The maximum absolute atomic E-state index is 13.7. The molecule has 1 aromatic carbocycles. The predicted octanol–water partition coefficient (Wildman–Crippen LogP) is 2.52. The average molecular weight is 344 g/mol. The van der Waals surface area contributed by atoms with E-state index in [2.05, 4.69) is 28.4 Å². The molecule has 0 bridgehead atoms. The van der Waals surface area contributed by atoms with Crippen molar-refractivity contribution in [1.82, 2.24) is 20.0 Å². The third-order valence-corrected chi connectivity index (χ3v) is 4.76. The van der Waals surface area contributed by atoms with Crippen LogP contribution in [0.5, 0.6) is 0 Å². The van der Waals surface area contributed by atoms with E-state index in [9.17, 15) is 9.18 Å². The number of amides is 1. The highest BCUT2D eigenvalue weighted by atomic mass is 19.1. The van der Waals surface area contributed by atoms with E-state index in [1.54, 1.807) is 12.1 Å². The fraction of sp³-hybridized carbons (Fsp3) is 0.474. The van der Waals surface area contributed by atoms with Crippen LogP contribution in [-0.4, -0.2) is 39.7 Å². The molecule has 1 fully saturated rings. The lowest BCUT2D eigenvalue weighted by Gasteiger charge is -2.32. The van der Waals surface area contributed by atoms with E-state index in [1.807, 2.05) is 11.7 Å². The van der Waals surface area contributed by atoms with E-state index in [-0.39, 0.29) is 17.5 Å². The number of likely N-dealkylation sites (tertiary alicyclic amines) is 1. The number of rotatable bonds is 5. The van der Waals surface area contributed by atoms with Gasteiger partial charge >= 0.3 is 0 Å². The smallest absolute Gasteiger partial charge is 0.254 e. The zero-order chi connectivity index (χ0) is 17.8. The minimum atomic E-state index is -0.471. The molecule has 2 aromatic rings. The Morgan fingerprint density at radius 3 is 2.72 bits per heavy atom. The Balaban J connectivity index is 1.52. The molecule has 3 rings (SSSR count). The lowest BCUT2D eigenvalue weighted by atomic mass is 10.0. The second-order valence-electron chi connectivity index (χ2n) is 6.63. The highest BCUT2D eigenvalue weighted by Crippen LogP contribution is 2.17. The minimum absolute atomic E-state index is 0.0999. The number of nitrogens with one attached hydrogen (secondary N) is 1. The molecular weight excluding hydrogens is 319 g/mol. The lowest BCUT2D eigenvalue weighted by molar-refractivity contribution is 0.0905. The molecule has 1 aliphatic rings.